The van der Waals surface area contributed by atoms with E-state index in [1.807, 2.05) is 68.4 Å². The highest BCUT2D eigenvalue weighted by Crippen LogP contribution is 2.19. The van der Waals surface area contributed by atoms with E-state index in [2.05, 4.69) is 5.10 Å². The topological polar surface area (TPSA) is 92.5 Å². The summed E-state index contributed by atoms with van der Waals surface area (Å²) in [6, 6.07) is 20.7. The molecule has 0 aliphatic rings. The molecule has 34 heavy (non-hydrogen) atoms. The molecule has 1 aromatic heterocycles. The van der Waals surface area contributed by atoms with Gasteiger partial charge in [0, 0.05) is 18.7 Å². The lowest BCUT2D eigenvalue weighted by Gasteiger charge is -2.25. The minimum atomic E-state index is -5.08. The van der Waals surface area contributed by atoms with Crippen LogP contribution in [0.1, 0.15) is 24.1 Å². The van der Waals surface area contributed by atoms with Crippen LogP contribution >= 0.6 is 0 Å². The van der Waals surface area contributed by atoms with Gasteiger partial charge in [-0.05, 0) is 25.5 Å². The lowest BCUT2D eigenvalue weighted by molar-refractivity contribution is -0.192. The summed E-state index contributed by atoms with van der Waals surface area (Å²) in [5, 5.41) is 11.5. The van der Waals surface area contributed by atoms with Gasteiger partial charge in [0.1, 0.15) is 6.54 Å². The van der Waals surface area contributed by atoms with Gasteiger partial charge >= 0.3 is 12.1 Å². The molecule has 0 fully saturated rings. The Morgan fingerprint density at radius 3 is 2.12 bits per heavy atom. The quantitative estimate of drug-likeness (QED) is 0.601. The Hall–Kier alpha value is -3.95. The summed E-state index contributed by atoms with van der Waals surface area (Å²) in [6.45, 7) is 3.89. The van der Waals surface area contributed by atoms with Crippen LogP contribution in [0.4, 0.5) is 13.2 Å². The molecular formula is C24H24F3N3O4. The lowest BCUT2D eigenvalue weighted by atomic mass is 10.1. The Bertz CT molecular complexity index is 1180. The van der Waals surface area contributed by atoms with Crippen LogP contribution in [0.15, 0.2) is 71.5 Å². The number of amides is 1. The molecule has 1 atom stereocenters. The van der Waals surface area contributed by atoms with E-state index in [4.69, 9.17) is 9.90 Å². The number of nitrogens with zero attached hydrogens (tertiary/aromatic N) is 3. The highest BCUT2D eigenvalue weighted by molar-refractivity contribution is 5.76. The van der Waals surface area contributed by atoms with Crippen molar-refractivity contribution in [3.63, 3.8) is 0 Å². The number of aryl methyl sites for hydroxylation is 1. The average Bonchev–Trinajstić information content (AvgIpc) is 2.80. The molecule has 0 aliphatic heterocycles. The van der Waals surface area contributed by atoms with Crippen LogP contribution in [0.5, 0.6) is 0 Å². The molecule has 0 bridgehead atoms. The number of rotatable bonds is 5. The smallest absolute Gasteiger partial charge is 0.475 e. The molecule has 1 amide bonds. The van der Waals surface area contributed by atoms with E-state index in [0.29, 0.717) is 5.69 Å². The summed E-state index contributed by atoms with van der Waals surface area (Å²) in [5.74, 6) is -2.92. The van der Waals surface area contributed by atoms with E-state index in [0.717, 1.165) is 16.7 Å². The van der Waals surface area contributed by atoms with Crippen molar-refractivity contribution in [3.8, 4) is 11.3 Å². The van der Waals surface area contributed by atoms with Crippen LogP contribution in [0, 0.1) is 6.92 Å². The molecule has 10 heteroatoms. The zero-order valence-electron chi connectivity index (χ0n) is 18.8. The first-order valence-electron chi connectivity index (χ1n) is 10.2. The van der Waals surface area contributed by atoms with Gasteiger partial charge in [-0.25, -0.2) is 9.48 Å². The number of halogens is 3. The first-order valence-corrected chi connectivity index (χ1v) is 10.2. The maximum atomic E-state index is 12.7. The number of carboxylic acids is 1. The summed E-state index contributed by atoms with van der Waals surface area (Å²) < 4.78 is 33.0. The zero-order chi connectivity index (χ0) is 25.5. The van der Waals surface area contributed by atoms with Gasteiger partial charge in [-0.15, -0.1) is 0 Å². The molecule has 0 radical (unpaired) electrons. The number of aromatic nitrogens is 2. The minimum absolute atomic E-state index is 0.0883. The van der Waals surface area contributed by atoms with Crippen LogP contribution in [0.25, 0.3) is 11.3 Å². The molecule has 2 aromatic carbocycles. The van der Waals surface area contributed by atoms with Crippen LogP contribution < -0.4 is 5.56 Å². The number of aliphatic carboxylic acids is 1. The maximum absolute atomic E-state index is 12.7. The van der Waals surface area contributed by atoms with Gasteiger partial charge in [-0.1, -0.05) is 60.2 Å². The van der Waals surface area contributed by atoms with Gasteiger partial charge in [0.2, 0.25) is 5.91 Å². The number of alkyl halides is 3. The van der Waals surface area contributed by atoms with Crippen molar-refractivity contribution in [2.24, 2.45) is 0 Å². The van der Waals surface area contributed by atoms with E-state index in [1.54, 1.807) is 18.0 Å². The van der Waals surface area contributed by atoms with Crippen molar-refractivity contribution in [2.75, 3.05) is 7.05 Å². The monoisotopic (exact) mass is 475 g/mol. The lowest BCUT2D eigenvalue weighted by Crippen LogP contribution is -2.36. The minimum Gasteiger partial charge on any atom is -0.475 e. The molecule has 0 saturated carbocycles. The second-order valence-corrected chi connectivity index (χ2v) is 7.47. The van der Waals surface area contributed by atoms with Gasteiger partial charge in [-0.2, -0.15) is 18.3 Å². The molecule has 0 aliphatic carbocycles. The van der Waals surface area contributed by atoms with Crippen LogP contribution in [-0.2, 0) is 16.1 Å². The Balaban J connectivity index is 0.000000509. The highest BCUT2D eigenvalue weighted by atomic mass is 19.4. The first-order chi connectivity index (χ1) is 15.9. The van der Waals surface area contributed by atoms with Gasteiger partial charge in [0.25, 0.3) is 5.56 Å². The molecule has 0 spiro atoms. The number of carbonyl (C=O) groups is 2. The number of carboxylic acid groups (broad SMARTS) is 1. The first kappa shape index (κ1) is 26.3. The van der Waals surface area contributed by atoms with E-state index in [-0.39, 0.29) is 24.1 Å². The fourth-order valence-corrected chi connectivity index (χ4v) is 2.85. The third kappa shape index (κ3) is 7.29. The Morgan fingerprint density at radius 2 is 1.59 bits per heavy atom. The molecule has 180 valence electrons. The summed E-state index contributed by atoms with van der Waals surface area (Å²) in [6.07, 6.45) is -5.08. The zero-order valence-corrected chi connectivity index (χ0v) is 18.8. The Kier molecular flexibility index (Phi) is 8.71. The van der Waals surface area contributed by atoms with Crippen molar-refractivity contribution in [2.45, 2.75) is 32.6 Å². The van der Waals surface area contributed by atoms with Crippen molar-refractivity contribution in [1.82, 2.24) is 14.7 Å². The van der Waals surface area contributed by atoms with Crippen molar-refractivity contribution >= 4 is 11.9 Å². The standard InChI is InChI=1S/C22H23N3O2.C2HF3O2/c1-16-9-11-19(12-10-16)20-13-14-21(26)25(23-20)15-22(27)24(3)17(2)18-7-5-4-6-8-18;3-2(4,5)1(6)7/h4-14,17H,15H2,1-3H3;(H,6,7)/t17-;/m0./s1. The number of likely N-dealkylation sites (N-methyl/N-ethyl adjacent to an activating group) is 1. The summed E-state index contributed by atoms with van der Waals surface area (Å²) in [5.41, 5.74) is 3.48. The van der Waals surface area contributed by atoms with Crippen molar-refractivity contribution < 1.29 is 27.9 Å². The highest BCUT2D eigenvalue weighted by Gasteiger charge is 2.38. The molecular weight excluding hydrogens is 451 g/mol. The van der Waals surface area contributed by atoms with Gasteiger partial charge in [0.15, 0.2) is 0 Å². The Labute approximate surface area is 194 Å². The van der Waals surface area contributed by atoms with E-state index in [9.17, 15) is 22.8 Å². The SMILES string of the molecule is Cc1ccc(-c2ccc(=O)n(CC(=O)N(C)[C@@H](C)c3ccccc3)n2)cc1.O=C(O)C(F)(F)F. The number of carbonyl (C=O) groups excluding carboxylic acids is 1. The fourth-order valence-electron chi connectivity index (χ4n) is 2.85. The summed E-state index contributed by atoms with van der Waals surface area (Å²) in [4.78, 5) is 35.4. The molecule has 1 heterocycles. The second kappa shape index (κ2) is 11.3. The Morgan fingerprint density at radius 1 is 1.03 bits per heavy atom. The molecule has 3 aromatic rings. The maximum Gasteiger partial charge on any atom is 0.490 e. The number of hydrogen-bond acceptors (Lipinski definition) is 4. The third-order valence-corrected chi connectivity index (χ3v) is 5.00. The second-order valence-electron chi connectivity index (χ2n) is 7.47. The molecule has 3 rings (SSSR count). The normalized spacial score (nSPS) is 11.7. The molecule has 1 N–H and O–H groups in total. The van der Waals surface area contributed by atoms with E-state index in [1.165, 1.54) is 10.7 Å². The molecule has 0 saturated heterocycles. The number of benzene rings is 2. The summed E-state index contributed by atoms with van der Waals surface area (Å²) in [7, 11) is 1.74. The predicted octanol–water partition coefficient (Wildman–Crippen LogP) is 4.07. The average molecular weight is 475 g/mol. The third-order valence-electron chi connectivity index (χ3n) is 5.00. The van der Waals surface area contributed by atoms with Crippen LogP contribution in [-0.4, -0.2) is 44.9 Å². The fraction of sp³-hybridized carbons (Fsp3) is 0.250. The molecule has 0 unspecified atom stereocenters. The largest absolute Gasteiger partial charge is 0.490 e. The van der Waals surface area contributed by atoms with Crippen LogP contribution in [0.2, 0.25) is 0 Å². The van der Waals surface area contributed by atoms with Crippen molar-refractivity contribution in [3.05, 3.63) is 88.2 Å². The van der Waals surface area contributed by atoms with E-state index < -0.39 is 12.1 Å². The van der Waals surface area contributed by atoms with Gasteiger partial charge in [0.05, 0.1) is 11.7 Å². The number of hydrogen-bond donors (Lipinski definition) is 1. The van der Waals surface area contributed by atoms with E-state index >= 15 is 0 Å². The van der Waals surface area contributed by atoms with Crippen LogP contribution in [0.3, 0.4) is 0 Å². The van der Waals surface area contributed by atoms with Gasteiger partial charge < -0.3 is 10.0 Å². The van der Waals surface area contributed by atoms with Crippen molar-refractivity contribution in [1.29, 1.82) is 0 Å². The summed E-state index contributed by atoms with van der Waals surface area (Å²) >= 11 is 0. The predicted molar refractivity (Wildman–Crippen MR) is 120 cm³/mol. The van der Waals surface area contributed by atoms with Gasteiger partial charge in [-0.3, -0.25) is 9.59 Å². The molecule has 7 nitrogen and oxygen atoms in total.